The lowest BCUT2D eigenvalue weighted by Crippen LogP contribution is -2.22. The van der Waals surface area contributed by atoms with E-state index in [9.17, 15) is 4.79 Å². The first-order valence-electron chi connectivity index (χ1n) is 5.07. The number of ketones is 1. The molecule has 0 heterocycles. The lowest BCUT2D eigenvalue weighted by molar-refractivity contribution is -0.132. The molecule has 0 saturated heterocycles. The topological polar surface area (TPSA) is 35.5 Å². The van der Waals surface area contributed by atoms with E-state index in [1.807, 2.05) is 6.92 Å². The third-order valence-corrected chi connectivity index (χ3v) is 2.87. The van der Waals surface area contributed by atoms with Crippen molar-refractivity contribution in [3.8, 4) is 0 Å². The molecule has 2 atom stereocenters. The van der Waals surface area contributed by atoms with Crippen LogP contribution in [0.4, 0.5) is 0 Å². The van der Waals surface area contributed by atoms with Gasteiger partial charge >= 0.3 is 0 Å². The molecule has 0 bridgehead atoms. The van der Waals surface area contributed by atoms with E-state index in [-0.39, 0.29) is 6.29 Å². The van der Waals surface area contributed by atoms with Crippen LogP contribution in [-0.2, 0) is 14.3 Å². The average molecular weight is 265 g/mol. The highest BCUT2D eigenvalue weighted by molar-refractivity contribution is 9.09. The summed E-state index contributed by atoms with van der Waals surface area (Å²) in [5, 5.41) is 0.682. The number of halogens is 1. The molecule has 82 valence electrons. The van der Waals surface area contributed by atoms with Crippen molar-refractivity contribution in [1.29, 1.82) is 0 Å². The smallest absolute Gasteiger partial charge is 0.167 e. The van der Waals surface area contributed by atoms with Gasteiger partial charge in [-0.2, -0.15) is 0 Å². The van der Waals surface area contributed by atoms with Gasteiger partial charge in [0.15, 0.2) is 6.29 Å². The normalized spacial score (nSPS) is 24.1. The number of Topliss-reactive ketones (excluding diaryl/α,β-unsaturated/α-hetero) is 1. The molecule has 0 radical (unpaired) electrons. The van der Waals surface area contributed by atoms with Crippen LogP contribution < -0.4 is 0 Å². The number of alkyl halides is 1. The fraction of sp³-hybridized carbons (Fsp3) is 0.900. The van der Waals surface area contributed by atoms with Crippen molar-refractivity contribution < 1.29 is 14.3 Å². The van der Waals surface area contributed by atoms with Crippen molar-refractivity contribution in [2.75, 3.05) is 18.5 Å². The van der Waals surface area contributed by atoms with Crippen LogP contribution in [0.25, 0.3) is 0 Å². The summed E-state index contributed by atoms with van der Waals surface area (Å²) in [4.78, 5) is 11.0. The van der Waals surface area contributed by atoms with E-state index in [4.69, 9.17) is 9.47 Å². The van der Waals surface area contributed by atoms with Gasteiger partial charge in [-0.15, -0.1) is 0 Å². The van der Waals surface area contributed by atoms with Gasteiger partial charge in [0.2, 0.25) is 0 Å². The monoisotopic (exact) mass is 264 g/mol. The number of hydrogen-bond donors (Lipinski definition) is 0. The van der Waals surface area contributed by atoms with Gasteiger partial charge in [-0.25, -0.2) is 0 Å². The van der Waals surface area contributed by atoms with Crippen molar-refractivity contribution in [2.24, 2.45) is 5.92 Å². The van der Waals surface area contributed by atoms with Crippen LogP contribution in [0.1, 0.15) is 26.2 Å². The maximum absolute atomic E-state index is 11.0. The molecule has 1 aliphatic carbocycles. The first-order valence-corrected chi connectivity index (χ1v) is 6.19. The average Bonchev–Trinajstić information content (AvgIpc) is 2.59. The van der Waals surface area contributed by atoms with Crippen LogP contribution in [0, 0.1) is 5.92 Å². The van der Waals surface area contributed by atoms with Gasteiger partial charge in [0.1, 0.15) is 5.78 Å². The molecule has 4 heteroatoms. The Morgan fingerprint density at radius 3 is 2.86 bits per heavy atom. The number of rotatable bonds is 6. The third kappa shape index (κ3) is 4.07. The van der Waals surface area contributed by atoms with Crippen LogP contribution in [0.3, 0.4) is 0 Å². The minimum atomic E-state index is -0.171. The fourth-order valence-electron chi connectivity index (χ4n) is 1.60. The summed E-state index contributed by atoms with van der Waals surface area (Å²) in [6.45, 7) is 3.24. The molecule has 0 spiro atoms. The summed E-state index contributed by atoms with van der Waals surface area (Å²) in [5.41, 5.74) is 0. The first kappa shape index (κ1) is 12.1. The molecule has 1 saturated carbocycles. The predicted octanol–water partition coefficient (Wildman–Crippen LogP) is 2.13. The minimum absolute atomic E-state index is 0.171. The summed E-state index contributed by atoms with van der Waals surface area (Å²) in [6.07, 6.45) is 2.21. The van der Waals surface area contributed by atoms with Crippen LogP contribution in [0.5, 0.6) is 0 Å². The SMILES string of the molecule is CCOC(CBr)OCC1CCC(=O)C1. The van der Waals surface area contributed by atoms with Crippen LogP contribution >= 0.6 is 15.9 Å². The van der Waals surface area contributed by atoms with Crippen LogP contribution in [-0.4, -0.2) is 30.6 Å². The van der Waals surface area contributed by atoms with Crippen molar-refractivity contribution in [2.45, 2.75) is 32.5 Å². The molecule has 0 aromatic rings. The molecular weight excluding hydrogens is 248 g/mol. The molecule has 2 unspecified atom stereocenters. The Morgan fingerprint density at radius 1 is 1.57 bits per heavy atom. The standard InChI is InChI=1S/C10H17BrO3/c1-2-13-10(6-11)14-7-8-3-4-9(12)5-8/h8,10H,2-7H2,1H3. The summed E-state index contributed by atoms with van der Waals surface area (Å²) in [6, 6.07) is 0. The summed E-state index contributed by atoms with van der Waals surface area (Å²) >= 11 is 3.32. The van der Waals surface area contributed by atoms with Crippen molar-refractivity contribution >= 4 is 21.7 Å². The number of carbonyl (C=O) groups is 1. The van der Waals surface area contributed by atoms with Gasteiger partial charge in [-0.3, -0.25) is 4.79 Å². The molecule has 1 rings (SSSR count). The van der Waals surface area contributed by atoms with Crippen LogP contribution in [0.15, 0.2) is 0 Å². The van der Waals surface area contributed by atoms with E-state index >= 15 is 0 Å². The minimum Gasteiger partial charge on any atom is -0.352 e. The van der Waals surface area contributed by atoms with Crippen molar-refractivity contribution in [3.63, 3.8) is 0 Å². The van der Waals surface area contributed by atoms with Gasteiger partial charge in [0, 0.05) is 19.4 Å². The zero-order chi connectivity index (χ0) is 10.4. The lowest BCUT2D eigenvalue weighted by Gasteiger charge is -2.17. The molecule has 3 nitrogen and oxygen atoms in total. The van der Waals surface area contributed by atoms with Gasteiger partial charge in [-0.05, 0) is 19.3 Å². The molecule has 1 fully saturated rings. The Hall–Kier alpha value is 0.0700. The van der Waals surface area contributed by atoms with E-state index in [1.165, 1.54) is 0 Å². The second-order valence-corrected chi connectivity index (χ2v) is 4.17. The van der Waals surface area contributed by atoms with E-state index in [0.717, 1.165) is 12.8 Å². The maximum Gasteiger partial charge on any atom is 0.167 e. The number of carbonyl (C=O) groups excluding carboxylic acids is 1. The summed E-state index contributed by atoms with van der Waals surface area (Å²) < 4.78 is 10.9. The second kappa shape index (κ2) is 6.53. The molecule has 14 heavy (non-hydrogen) atoms. The Bertz CT molecular complexity index is 184. The Kier molecular flexibility index (Phi) is 5.67. The fourth-order valence-corrected chi connectivity index (χ4v) is 1.97. The zero-order valence-corrected chi connectivity index (χ0v) is 10.1. The Balaban J connectivity index is 2.15. The van der Waals surface area contributed by atoms with E-state index in [0.29, 0.717) is 36.7 Å². The highest BCUT2D eigenvalue weighted by atomic mass is 79.9. The number of ether oxygens (including phenoxy) is 2. The third-order valence-electron chi connectivity index (χ3n) is 2.34. The van der Waals surface area contributed by atoms with E-state index < -0.39 is 0 Å². The number of hydrogen-bond acceptors (Lipinski definition) is 3. The zero-order valence-electron chi connectivity index (χ0n) is 8.50. The summed E-state index contributed by atoms with van der Waals surface area (Å²) in [5.74, 6) is 0.773. The van der Waals surface area contributed by atoms with Crippen LogP contribution in [0.2, 0.25) is 0 Å². The second-order valence-electron chi connectivity index (χ2n) is 3.52. The molecule has 0 N–H and O–H groups in total. The molecule has 0 aliphatic heterocycles. The Labute approximate surface area is 93.3 Å². The van der Waals surface area contributed by atoms with E-state index in [2.05, 4.69) is 15.9 Å². The largest absolute Gasteiger partial charge is 0.352 e. The summed E-state index contributed by atoms with van der Waals surface area (Å²) in [7, 11) is 0. The molecular formula is C10H17BrO3. The van der Waals surface area contributed by atoms with Gasteiger partial charge < -0.3 is 9.47 Å². The van der Waals surface area contributed by atoms with Gasteiger partial charge in [-0.1, -0.05) is 15.9 Å². The maximum atomic E-state index is 11.0. The molecule has 0 aromatic carbocycles. The molecule has 1 aliphatic rings. The van der Waals surface area contributed by atoms with Crippen molar-refractivity contribution in [1.82, 2.24) is 0 Å². The highest BCUT2D eigenvalue weighted by Gasteiger charge is 2.23. The van der Waals surface area contributed by atoms with Crippen molar-refractivity contribution in [3.05, 3.63) is 0 Å². The first-order chi connectivity index (χ1) is 6.76. The predicted molar refractivity (Wildman–Crippen MR) is 57.5 cm³/mol. The molecule has 0 amide bonds. The van der Waals surface area contributed by atoms with Gasteiger partial charge in [0.25, 0.3) is 0 Å². The molecule has 0 aromatic heterocycles. The Morgan fingerprint density at radius 2 is 2.36 bits per heavy atom. The quantitative estimate of drug-likeness (QED) is 0.545. The highest BCUT2D eigenvalue weighted by Crippen LogP contribution is 2.22. The lowest BCUT2D eigenvalue weighted by atomic mass is 10.1. The van der Waals surface area contributed by atoms with E-state index in [1.54, 1.807) is 0 Å². The van der Waals surface area contributed by atoms with Gasteiger partial charge in [0.05, 0.1) is 11.9 Å².